The number of ether oxygens (including phenoxy) is 2. The standard InChI is InChI=1S/C9H17NO2/c1-5-4-6(10)8-7(5)11-9(2,3)12-8/h5-8H,4,10H2,1-3H3. The Balaban J connectivity index is 2.15. The zero-order valence-electron chi connectivity index (χ0n) is 7.91. The van der Waals surface area contributed by atoms with Gasteiger partial charge in [-0.05, 0) is 26.2 Å². The van der Waals surface area contributed by atoms with Crippen molar-refractivity contribution in [1.82, 2.24) is 0 Å². The Morgan fingerprint density at radius 1 is 1.25 bits per heavy atom. The SMILES string of the molecule is CC1CC(N)C2OC(C)(C)OC12. The first-order valence-electron chi connectivity index (χ1n) is 4.61. The molecule has 4 unspecified atom stereocenters. The van der Waals surface area contributed by atoms with E-state index in [-0.39, 0.29) is 18.2 Å². The maximum absolute atomic E-state index is 5.93. The van der Waals surface area contributed by atoms with Gasteiger partial charge in [-0.1, -0.05) is 6.92 Å². The Labute approximate surface area is 73.2 Å². The van der Waals surface area contributed by atoms with Gasteiger partial charge in [0, 0.05) is 6.04 Å². The van der Waals surface area contributed by atoms with Gasteiger partial charge in [-0.15, -0.1) is 0 Å². The Morgan fingerprint density at radius 3 is 2.42 bits per heavy atom. The molecule has 2 N–H and O–H groups in total. The molecule has 0 spiro atoms. The lowest BCUT2D eigenvalue weighted by molar-refractivity contribution is -0.157. The van der Waals surface area contributed by atoms with E-state index in [0.717, 1.165) is 6.42 Å². The van der Waals surface area contributed by atoms with E-state index in [2.05, 4.69) is 6.92 Å². The largest absolute Gasteiger partial charge is 0.344 e. The third kappa shape index (κ3) is 1.16. The second kappa shape index (κ2) is 2.44. The monoisotopic (exact) mass is 171 g/mol. The van der Waals surface area contributed by atoms with Crippen molar-refractivity contribution in [2.45, 2.75) is 51.2 Å². The Kier molecular flexibility index (Phi) is 1.72. The number of hydrogen-bond acceptors (Lipinski definition) is 3. The molecule has 0 aromatic rings. The van der Waals surface area contributed by atoms with Gasteiger partial charge in [0.1, 0.15) is 6.10 Å². The molecule has 2 rings (SSSR count). The van der Waals surface area contributed by atoms with Gasteiger partial charge in [-0.3, -0.25) is 0 Å². The zero-order chi connectivity index (χ0) is 8.93. The van der Waals surface area contributed by atoms with E-state index in [1.165, 1.54) is 0 Å². The van der Waals surface area contributed by atoms with Gasteiger partial charge in [0.25, 0.3) is 0 Å². The van der Waals surface area contributed by atoms with E-state index in [1.54, 1.807) is 0 Å². The first-order chi connectivity index (χ1) is 5.49. The highest BCUT2D eigenvalue weighted by molar-refractivity contribution is 4.98. The maximum Gasteiger partial charge on any atom is 0.163 e. The minimum atomic E-state index is -0.429. The van der Waals surface area contributed by atoms with E-state index in [9.17, 15) is 0 Å². The van der Waals surface area contributed by atoms with Crippen molar-refractivity contribution in [3.05, 3.63) is 0 Å². The van der Waals surface area contributed by atoms with Gasteiger partial charge in [0.05, 0.1) is 6.10 Å². The van der Waals surface area contributed by atoms with Crippen molar-refractivity contribution >= 4 is 0 Å². The molecule has 4 atom stereocenters. The van der Waals surface area contributed by atoms with Gasteiger partial charge in [-0.25, -0.2) is 0 Å². The summed E-state index contributed by atoms with van der Waals surface area (Å²) >= 11 is 0. The van der Waals surface area contributed by atoms with E-state index < -0.39 is 5.79 Å². The fraction of sp³-hybridized carbons (Fsp3) is 1.00. The molecule has 0 aromatic carbocycles. The van der Waals surface area contributed by atoms with Crippen molar-refractivity contribution in [3.8, 4) is 0 Å². The summed E-state index contributed by atoms with van der Waals surface area (Å²) in [6, 6.07) is 0.159. The quantitative estimate of drug-likeness (QED) is 0.588. The van der Waals surface area contributed by atoms with Crippen LogP contribution in [0.15, 0.2) is 0 Å². The number of hydrogen-bond donors (Lipinski definition) is 1. The average molecular weight is 171 g/mol. The molecule has 2 fully saturated rings. The van der Waals surface area contributed by atoms with E-state index >= 15 is 0 Å². The number of fused-ring (bicyclic) bond motifs is 1. The summed E-state index contributed by atoms with van der Waals surface area (Å²) in [6.07, 6.45) is 1.36. The molecular weight excluding hydrogens is 154 g/mol. The molecule has 0 bridgehead atoms. The average Bonchev–Trinajstić information content (AvgIpc) is 2.34. The van der Waals surface area contributed by atoms with Crippen molar-refractivity contribution in [1.29, 1.82) is 0 Å². The number of rotatable bonds is 0. The minimum Gasteiger partial charge on any atom is -0.344 e. The highest BCUT2D eigenvalue weighted by Gasteiger charge is 2.51. The molecule has 0 amide bonds. The van der Waals surface area contributed by atoms with Gasteiger partial charge in [0.2, 0.25) is 0 Å². The molecule has 1 saturated heterocycles. The van der Waals surface area contributed by atoms with E-state index in [4.69, 9.17) is 15.2 Å². The lowest BCUT2D eigenvalue weighted by Crippen LogP contribution is -2.34. The first-order valence-corrected chi connectivity index (χ1v) is 4.61. The molecule has 3 heteroatoms. The molecule has 70 valence electrons. The first kappa shape index (κ1) is 8.48. The topological polar surface area (TPSA) is 44.5 Å². The highest BCUT2D eigenvalue weighted by Crippen LogP contribution is 2.40. The lowest BCUT2D eigenvalue weighted by atomic mass is 10.1. The predicted molar refractivity (Wildman–Crippen MR) is 45.6 cm³/mol. The second-order valence-corrected chi connectivity index (χ2v) is 4.44. The molecule has 0 aromatic heterocycles. The molecule has 1 aliphatic heterocycles. The fourth-order valence-corrected chi connectivity index (χ4v) is 2.29. The molecule has 2 aliphatic rings. The predicted octanol–water partition coefficient (Wildman–Crippen LogP) is 0.874. The van der Waals surface area contributed by atoms with Crippen molar-refractivity contribution in [2.75, 3.05) is 0 Å². The molecule has 12 heavy (non-hydrogen) atoms. The van der Waals surface area contributed by atoms with Crippen LogP contribution in [0, 0.1) is 5.92 Å². The van der Waals surface area contributed by atoms with Gasteiger partial charge >= 0.3 is 0 Å². The van der Waals surface area contributed by atoms with Crippen LogP contribution in [0.1, 0.15) is 27.2 Å². The zero-order valence-corrected chi connectivity index (χ0v) is 7.91. The Morgan fingerprint density at radius 2 is 1.83 bits per heavy atom. The minimum absolute atomic E-state index is 0.120. The van der Waals surface area contributed by atoms with Crippen molar-refractivity contribution < 1.29 is 9.47 Å². The summed E-state index contributed by atoms with van der Waals surface area (Å²) in [5.74, 6) is 0.105. The van der Waals surface area contributed by atoms with Crippen LogP contribution in [0.5, 0.6) is 0 Å². The molecule has 1 aliphatic carbocycles. The Hall–Kier alpha value is -0.120. The molecule has 1 heterocycles. The van der Waals surface area contributed by atoms with Gasteiger partial charge in [0.15, 0.2) is 5.79 Å². The lowest BCUT2D eigenvalue weighted by Gasteiger charge is -2.20. The van der Waals surface area contributed by atoms with Crippen LogP contribution in [0.2, 0.25) is 0 Å². The summed E-state index contributed by atoms with van der Waals surface area (Å²) in [5.41, 5.74) is 5.93. The van der Waals surface area contributed by atoms with Crippen LogP contribution in [-0.4, -0.2) is 24.0 Å². The Bertz CT molecular complexity index is 175. The highest BCUT2D eigenvalue weighted by atomic mass is 16.8. The normalized spacial score (nSPS) is 51.0. The van der Waals surface area contributed by atoms with Crippen molar-refractivity contribution in [2.24, 2.45) is 11.7 Å². The maximum atomic E-state index is 5.93. The summed E-state index contributed by atoms with van der Waals surface area (Å²) in [4.78, 5) is 0. The summed E-state index contributed by atoms with van der Waals surface area (Å²) in [7, 11) is 0. The molecule has 3 nitrogen and oxygen atoms in total. The fourth-order valence-electron chi connectivity index (χ4n) is 2.29. The van der Waals surface area contributed by atoms with E-state index in [0.29, 0.717) is 5.92 Å². The third-order valence-electron chi connectivity index (χ3n) is 2.79. The van der Waals surface area contributed by atoms with Crippen LogP contribution in [0.4, 0.5) is 0 Å². The van der Waals surface area contributed by atoms with Gasteiger partial charge < -0.3 is 15.2 Å². The second-order valence-electron chi connectivity index (χ2n) is 4.44. The summed E-state index contributed by atoms with van der Waals surface area (Å²) in [6.45, 7) is 6.07. The number of nitrogens with two attached hydrogens (primary N) is 1. The third-order valence-corrected chi connectivity index (χ3v) is 2.79. The van der Waals surface area contributed by atoms with Crippen LogP contribution >= 0.6 is 0 Å². The van der Waals surface area contributed by atoms with Crippen molar-refractivity contribution in [3.63, 3.8) is 0 Å². The smallest absolute Gasteiger partial charge is 0.163 e. The van der Waals surface area contributed by atoms with Crippen LogP contribution in [-0.2, 0) is 9.47 Å². The van der Waals surface area contributed by atoms with Crippen LogP contribution < -0.4 is 5.73 Å². The molecule has 1 saturated carbocycles. The van der Waals surface area contributed by atoms with Gasteiger partial charge in [-0.2, -0.15) is 0 Å². The van der Waals surface area contributed by atoms with E-state index in [1.807, 2.05) is 13.8 Å². The molecular formula is C9H17NO2. The summed E-state index contributed by atoms with van der Waals surface area (Å²) < 4.78 is 11.5. The molecule has 0 radical (unpaired) electrons. The van der Waals surface area contributed by atoms with Crippen LogP contribution in [0.25, 0.3) is 0 Å². The summed E-state index contributed by atoms with van der Waals surface area (Å²) in [5, 5.41) is 0. The van der Waals surface area contributed by atoms with Crippen LogP contribution in [0.3, 0.4) is 0 Å².